The number of nitrogens with one attached hydrogen (secondary N) is 5. The van der Waals surface area contributed by atoms with E-state index in [1.807, 2.05) is 24.3 Å². The van der Waals surface area contributed by atoms with Crippen LogP contribution in [0.15, 0.2) is 110 Å². The number of hydrogen-bond acceptors (Lipinski definition) is 13. The summed E-state index contributed by atoms with van der Waals surface area (Å²) in [5.41, 5.74) is 10.4. The highest BCUT2D eigenvalue weighted by atomic mass is 35.5. The van der Waals surface area contributed by atoms with Crippen LogP contribution in [0.1, 0.15) is 92.9 Å². The molecule has 6 aromatic rings. The molecule has 7 N–H and O–H groups in total. The van der Waals surface area contributed by atoms with Gasteiger partial charge < -0.3 is 31.7 Å². The summed E-state index contributed by atoms with van der Waals surface area (Å²) in [6.07, 6.45) is 16.8. The molecule has 4 heterocycles. The highest BCUT2D eigenvalue weighted by Crippen LogP contribution is 2.29. The number of nitrogen functional groups attached to an aromatic ring is 1. The SMILES string of the molecule is CC(C)(C)OC(=O)Nc1ccc(C(=O)N[C@H]2CCC[C@@H](Nc3ncc(Cl)c(-c4cccnc4)n3)C2)cc1.Cl.Nc1ccc(C(=O)N[C@H]2CCC[C@@H](Nc3ncc(Cl)c(-c4cccnc4)n3)C2)cc1. The molecule has 2 saturated carbocycles. The van der Waals surface area contributed by atoms with Crippen LogP contribution in [-0.2, 0) is 4.74 Å². The number of aromatic nitrogens is 6. The second-order valence-corrected chi connectivity index (χ2v) is 18.3. The van der Waals surface area contributed by atoms with E-state index >= 15 is 0 Å². The van der Waals surface area contributed by atoms with Crippen molar-refractivity contribution in [1.29, 1.82) is 0 Å². The number of halogens is 3. The van der Waals surface area contributed by atoms with Gasteiger partial charge in [-0.1, -0.05) is 23.2 Å². The summed E-state index contributed by atoms with van der Waals surface area (Å²) in [4.78, 5) is 63.4. The minimum atomic E-state index is -0.585. The van der Waals surface area contributed by atoms with Crippen LogP contribution in [-0.4, -0.2) is 77.6 Å². The highest BCUT2D eigenvalue weighted by Gasteiger charge is 2.26. The van der Waals surface area contributed by atoms with Crippen molar-refractivity contribution in [2.45, 2.75) is 102 Å². The lowest BCUT2D eigenvalue weighted by Gasteiger charge is -2.30. The Kier molecular flexibility index (Phi) is 17.9. The predicted octanol–water partition coefficient (Wildman–Crippen LogP) is 10.0. The van der Waals surface area contributed by atoms with E-state index in [2.05, 4.69) is 56.5 Å². The zero-order valence-corrected chi connectivity index (χ0v) is 40.2. The van der Waals surface area contributed by atoms with E-state index in [1.165, 1.54) is 0 Å². The number of ether oxygens (including phenoxy) is 1. The number of hydrogen-bond donors (Lipinski definition) is 6. The zero-order valence-electron chi connectivity index (χ0n) is 37.9. The summed E-state index contributed by atoms with van der Waals surface area (Å²) in [5.74, 6) is 0.778. The largest absolute Gasteiger partial charge is 0.444 e. The molecule has 2 aliphatic rings. The Balaban J connectivity index is 0.000000225. The van der Waals surface area contributed by atoms with Gasteiger partial charge >= 0.3 is 6.09 Å². The first-order valence-electron chi connectivity index (χ1n) is 22.2. The molecule has 0 saturated heterocycles. The summed E-state index contributed by atoms with van der Waals surface area (Å²) in [7, 11) is 0. The van der Waals surface area contributed by atoms with Crippen molar-refractivity contribution in [2.75, 3.05) is 21.7 Å². The minimum absolute atomic E-state index is 0. The number of anilines is 4. The van der Waals surface area contributed by atoms with E-state index in [1.54, 1.807) is 106 Å². The van der Waals surface area contributed by atoms with Gasteiger partial charge in [-0.25, -0.2) is 24.7 Å². The van der Waals surface area contributed by atoms with Crippen molar-refractivity contribution in [1.82, 2.24) is 40.5 Å². The van der Waals surface area contributed by atoms with Crippen LogP contribution in [0.2, 0.25) is 10.0 Å². The van der Waals surface area contributed by atoms with Crippen LogP contribution in [0.3, 0.4) is 0 Å². The Bertz CT molecular complexity index is 2610. The van der Waals surface area contributed by atoms with Gasteiger partial charge in [-0.2, -0.15) is 0 Å². The molecule has 356 valence electrons. The van der Waals surface area contributed by atoms with Crippen LogP contribution >= 0.6 is 35.6 Å². The molecule has 4 atom stereocenters. The minimum Gasteiger partial charge on any atom is -0.444 e. The molecule has 0 bridgehead atoms. The van der Waals surface area contributed by atoms with Crippen LogP contribution < -0.4 is 32.3 Å². The first-order chi connectivity index (χ1) is 32.2. The smallest absolute Gasteiger partial charge is 0.412 e. The fraction of sp³-hybridized carbons (Fsp3) is 0.327. The number of nitrogens with two attached hydrogens (primary N) is 1. The van der Waals surface area contributed by atoms with Gasteiger partial charge in [0.25, 0.3) is 11.8 Å². The van der Waals surface area contributed by atoms with Gasteiger partial charge in [0.2, 0.25) is 11.9 Å². The molecule has 0 unspecified atom stereocenters. The van der Waals surface area contributed by atoms with Crippen LogP contribution in [0, 0.1) is 0 Å². The van der Waals surface area contributed by atoms with E-state index in [9.17, 15) is 14.4 Å². The maximum atomic E-state index is 12.8. The van der Waals surface area contributed by atoms with Crippen molar-refractivity contribution in [2.24, 2.45) is 0 Å². The monoisotopic (exact) mass is 980 g/mol. The van der Waals surface area contributed by atoms with Crippen molar-refractivity contribution in [3.63, 3.8) is 0 Å². The molecule has 16 nitrogen and oxygen atoms in total. The second-order valence-electron chi connectivity index (χ2n) is 17.4. The molecule has 3 amide bonds. The van der Waals surface area contributed by atoms with Crippen molar-refractivity contribution in [3.8, 4) is 22.5 Å². The van der Waals surface area contributed by atoms with E-state index in [4.69, 9.17) is 33.7 Å². The average molecular weight is 982 g/mol. The van der Waals surface area contributed by atoms with Crippen molar-refractivity contribution >= 4 is 76.8 Å². The topological polar surface area (TPSA) is 224 Å². The lowest BCUT2D eigenvalue weighted by Crippen LogP contribution is -2.42. The number of carbonyl (C=O) groups excluding carboxylic acids is 3. The van der Waals surface area contributed by atoms with E-state index in [-0.39, 0.29) is 48.4 Å². The number of benzene rings is 2. The van der Waals surface area contributed by atoms with Crippen LogP contribution in [0.4, 0.5) is 28.1 Å². The number of amides is 3. The van der Waals surface area contributed by atoms with Gasteiger partial charge in [0.15, 0.2) is 0 Å². The van der Waals surface area contributed by atoms with Crippen LogP contribution in [0.25, 0.3) is 22.5 Å². The quantitative estimate of drug-likeness (QED) is 0.0666. The Morgan fingerprint density at radius 1 is 0.632 bits per heavy atom. The van der Waals surface area contributed by atoms with Gasteiger partial charge in [0.05, 0.1) is 33.8 Å². The van der Waals surface area contributed by atoms with Gasteiger partial charge in [-0.3, -0.25) is 24.9 Å². The number of carbonyl (C=O) groups is 3. The van der Waals surface area contributed by atoms with Gasteiger partial charge in [-0.15, -0.1) is 12.4 Å². The lowest BCUT2D eigenvalue weighted by molar-refractivity contribution is 0.0635. The molecule has 19 heteroatoms. The van der Waals surface area contributed by atoms with E-state index < -0.39 is 11.7 Å². The maximum Gasteiger partial charge on any atom is 0.412 e. The molecule has 2 fully saturated rings. The summed E-state index contributed by atoms with van der Waals surface area (Å²) in [6, 6.07) is 21.6. The van der Waals surface area contributed by atoms with Gasteiger partial charge in [0, 0.05) is 82.6 Å². The second kappa shape index (κ2) is 23.9. The summed E-state index contributed by atoms with van der Waals surface area (Å²) < 4.78 is 5.25. The van der Waals surface area contributed by atoms with E-state index in [0.717, 1.165) is 62.5 Å². The van der Waals surface area contributed by atoms with Crippen LogP contribution in [0.5, 0.6) is 0 Å². The molecule has 2 aliphatic carbocycles. The third-order valence-corrected chi connectivity index (χ3v) is 11.6. The summed E-state index contributed by atoms with van der Waals surface area (Å²) in [6.45, 7) is 5.40. The van der Waals surface area contributed by atoms with Gasteiger partial charge in [0.1, 0.15) is 5.60 Å². The third kappa shape index (κ3) is 14.9. The highest BCUT2D eigenvalue weighted by molar-refractivity contribution is 6.33. The first kappa shape index (κ1) is 50.8. The molecule has 2 aromatic carbocycles. The Hall–Kier alpha value is -6.62. The molecular formula is C49H55Cl3N12O4. The van der Waals surface area contributed by atoms with Crippen molar-refractivity contribution < 1.29 is 19.1 Å². The molecule has 8 rings (SSSR count). The fourth-order valence-electron chi connectivity index (χ4n) is 7.85. The molecule has 4 aromatic heterocycles. The normalized spacial score (nSPS) is 17.7. The number of pyridine rings is 2. The standard InChI is InChI=1S/C27H31ClN6O3.C22H23ClN6O.ClH/c1-27(2,3)37-26(36)33-19-11-9-17(10-12-19)24(35)31-20-7-4-8-21(14-20)32-25-30-16-22(28)23(34-25)18-6-5-13-29-15-18;23-19-13-26-22(29-20(19)15-3-2-10-25-12-15)28-18-5-1-4-17(11-18)27-21(30)14-6-8-16(24)9-7-14;/h5-6,9-13,15-16,20-21H,4,7-8,14H2,1-3H3,(H,31,35)(H,33,36)(H,30,32,34);2-3,6-10,12-13,17-18H,1,4-5,11,24H2,(H,27,30)(H,26,28,29);1H/t20-,21+;17-,18+;/m00./s1. The fourth-order valence-corrected chi connectivity index (χ4v) is 8.25. The molecule has 0 aliphatic heterocycles. The Morgan fingerprint density at radius 3 is 1.50 bits per heavy atom. The Labute approximate surface area is 411 Å². The number of nitrogens with zero attached hydrogens (tertiary/aromatic N) is 6. The number of rotatable bonds is 11. The zero-order chi connectivity index (χ0) is 47.3. The summed E-state index contributed by atoms with van der Waals surface area (Å²) >= 11 is 12.6. The first-order valence-corrected chi connectivity index (χ1v) is 23.0. The molecule has 68 heavy (non-hydrogen) atoms. The maximum absolute atomic E-state index is 12.8. The summed E-state index contributed by atoms with van der Waals surface area (Å²) in [5, 5.41) is 16.7. The Morgan fingerprint density at radius 2 is 1.07 bits per heavy atom. The third-order valence-electron chi connectivity index (χ3n) is 11.0. The van der Waals surface area contributed by atoms with Crippen molar-refractivity contribution in [3.05, 3.63) is 131 Å². The average Bonchev–Trinajstić information content (AvgIpc) is 3.31. The molecule has 0 spiro atoms. The molecule has 0 radical (unpaired) electrons. The molecular weight excluding hydrogens is 927 g/mol. The predicted molar refractivity (Wildman–Crippen MR) is 269 cm³/mol. The van der Waals surface area contributed by atoms with E-state index in [0.29, 0.717) is 55.8 Å². The van der Waals surface area contributed by atoms with Gasteiger partial charge in [-0.05, 0) is 145 Å². The lowest BCUT2D eigenvalue weighted by atomic mass is 9.91.